The van der Waals surface area contributed by atoms with Gasteiger partial charge in [-0.3, -0.25) is 4.79 Å². The predicted octanol–water partition coefficient (Wildman–Crippen LogP) is -0.336. The molecule has 0 radical (unpaired) electrons. The first kappa shape index (κ1) is 9.98. The van der Waals surface area contributed by atoms with Crippen molar-refractivity contribution < 1.29 is 14.3 Å². The number of rotatable bonds is 3. The van der Waals surface area contributed by atoms with Gasteiger partial charge in [0, 0.05) is 6.61 Å². The molecule has 1 aliphatic heterocycles. The van der Waals surface area contributed by atoms with Crippen molar-refractivity contribution >= 4 is 11.8 Å². The molecule has 1 heterocycles. The lowest BCUT2D eigenvalue weighted by molar-refractivity contribution is -0.116. The van der Waals surface area contributed by atoms with Crippen LogP contribution in [0.15, 0.2) is 0 Å². The van der Waals surface area contributed by atoms with Gasteiger partial charge in [0.1, 0.15) is 5.78 Å². The second-order valence-electron chi connectivity index (χ2n) is 3.09. The van der Waals surface area contributed by atoms with Gasteiger partial charge < -0.3 is 15.4 Å². The molecule has 1 fully saturated rings. The van der Waals surface area contributed by atoms with Crippen LogP contribution >= 0.6 is 0 Å². The van der Waals surface area contributed by atoms with Crippen molar-refractivity contribution in [2.75, 3.05) is 19.8 Å². The van der Waals surface area contributed by atoms with Crippen LogP contribution in [0, 0.1) is 0 Å². The predicted molar refractivity (Wildman–Crippen MR) is 46.4 cm³/mol. The Kier molecular flexibility index (Phi) is 3.70. The van der Waals surface area contributed by atoms with Gasteiger partial charge in [-0.1, -0.05) is 0 Å². The number of ether oxygens (including phenoxy) is 1. The smallest absolute Gasteiger partial charge is 0.315 e. The minimum atomic E-state index is -0.300. The maximum absolute atomic E-state index is 11.1. The molecule has 0 aromatic carbocycles. The molecular weight excluding hydrogens is 172 g/mol. The summed E-state index contributed by atoms with van der Waals surface area (Å²) in [5.41, 5.74) is 0. The normalized spacial score (nSPS) is 21.2. The number of hydrogen-bond donors (Lipinski definition) is 2. The number of carbonyl (C=O) groups excluding carboxylic acids is 2. The van der Waals surface area contributed by atoms with Gasteiger partial charge in [0.15, 0.2) is 0 Å². The van der Waals surface area contributed by atoms with Crippen LogP contribution in [0.5, 0.6) is 0 Å². The first-order valence-electron chi connectivity index (χ1n) is 4.30. The van der Waals surface area contributed by atoms with Crippen molar-refractivity contribution in [1.82, 2.24) is 10.6 Å². The van der Waals surface area contributed by atoms with Crippen molar-refractivity contribution in [3.8, 4) is 0 Å². The van der Waals surface area contributed by atoms with E-state index in [2.05, 4.69) is 10.6 Å². The van der Waals surface area contributed by atoms with Crippen molar-refractivity contribution in [2.24, 2.45) is 0 Å². The zero-order valence-corrected chi connectivity index (χ0v) is 7.63. The van der Waals surface area contributed by atoms with Crippen LogP contribution in [0.2, 0.25) is 0 Å². The molecule has 0 aliphatic carbocycles. The molecule has 0 saturated carbocycles. The fourth-order valence-electron chi connectivity index (χ4n) is 1.09. The highest BCUT2D eigenvalue weighted by molar-refractivity contribution is 5.83. The molecule has 0 aromatic rings. The Morgan fingerprint density at radius 3 is 2.85 bits per heavy atom. The fourth-order valence-corrected chi connectivity index (χ4v) is 1.09. The summed E-state index contributed by atoms with van der Waals surface area (Å²) < 4.78 is 5.07. The van der Waals surface area contributed by atoms with Crippen LogP contribution in [0.3, 0.4) is 0 Å². The Morgan fingerprint density at radius 2 is 2.31 bits per heavy atom. The van der Waals surface area contributed by atoms with Crippen LogP contribution in [0.25, 0.3) is 0 Å². The summed E-state index contributed by atoms with van der Waals surface area (Å²) in [6, 6.07) is -0.211. The van der Waals surface area contributed by atoms with Crippen LogP contribution in [-0.2, 0) is 9.53 Å². The highest BCUT2D eigenvalue weighted by atomic mass is 16.5. The van der Waals surface area contributed by atoms with Gasteiger partial charge >= 0.3 is 6.03 Å². The second kappa shape index (κ2) is 4.81. The molecule has 0 bridgehead atoms. The minimum Gasteiger partial charge on any atom is -0.379 e. The number of urea groups is 1. The summed E-state index contributed by atoms with van der Waals surface area (Å²) >= 11 is 0. The lowest BCUT2D eigenvalue weighted by Gasteiger charge is -2.10. The van der Waals surface area contributed by atoms with Crippen LogP contribution in [-0.4, -0.2) is 37.6 Å². The van der Waals surface area contributed by atoms with E-state index < -0.39 is 0 Å². The highest BCUT2D eigenvalue weighted by Crippen LogP contribution is 2.02. The molecule has 0 spiro atoms. The van der Waals surface area contributed by atoms with Gasteiger partial charge in [0.25, 0.3) is 0 Å². The topological polar surface area (TPSA) is 67.4 Å². The lowest BCUT2D eigenvalue weighted by Crippen LogP contribution is -2.43. The number of nitrogens with one attached hydrogen (secondary N) is 2. The molecule has 1 aliphatic rings. The molecule has 5 nitrogen and oxygen atoms in total. The standard InChI is InChI=1S/C8H14N2O3/c1-6(11)4-9-8(12)10-7-2-3-13-5-7/h7H,2-5H2,1H3,(H2,9,10,12). The lowest BCUT2D eigenvalue weighted by atomic mass is 10.3. The average molecular weight is 186 g/mol. The van der Waals surface area contributed by atoms with Gasteiger partial charge in [0.2, 0.25) is 0 Å². The monoisotopic (exact) mass is 186 g/mol. The van der Waals surface area contributed by atoms with Gasteiger partial charge in [-0.25, -0.2) is 4.79 Å². The maximum Gasteiger partial charge on any atom is 0.315 e. The van der Waals surface area contributed by atoms with Gasteiger partial charge in [-0.15, -0.1) is 0 Å². The number of ketones is 1. The first-order valence-corrected chi connectivity index (χ1v) is 4.30. The SMILES string of the molecule is CC(=O)CNC(=O)NC1CCOC1. The number of carbonyl (C=O) groups is 2. The zero-order valence-electron chi connectivity index (χ0n) is 7.63. The van der Waals surface area contributed by atoms with Crippen molar-refractivity contribution in [2.45, 2.75) is 19.4 Å². The van der Waals surface area contributed by atoms with E-state index in [0.717, 1.165) is 6.42 Å². The van der Waals surface area contributed by atoms with E-state index in [1.165, 1.54) is 6.92 Å². The number of amides is 2. The quantitative estimate of drug-likeness (QED) is 0.633. The molecule has 74 valence electrons. The molecule has 1 atom stereocenters. The summed E-state index contributed by atoms with van der Waals surface area (Å²) in [4.78, 5) is 21.6. The molecule has 13 heavy (non-hydrogen) atoms. The zero-order chi connectivity index (χ0) is 9.68. The summed E-state index contributed by atoms with van der Waals surface area (Å²) in [6.07, 6.45) is 0.841. The Balaban J connectivity index is 2.13. The number of Topliss-reactive ketones (excluding diaryl/α,β-unsaturated/α-hetero) is 1. The van der Waals surface area contributed by atoms with E-state index in [1.807, 2.05) is 0 Å². The molecule has 1 saturated heterocycles. The third-order valence-corrected chi connectivity index (χ3v) is 1.76. The molecule has 1 unspecified atom stereocenters. The molecule has 2 N–H and O–H groups in total. The third kappa shape index (κ3) is 3.89. The van der Waals surface area contributed by atoms with E-state index in [9.17, 15) is 9.59 Å². The molecule has 5 heteroatoms. The molecule has 2 amide bonds. The Morgan fingerprint density at radius 1 is 1.54 bits per heavy atom. The largest absolute Gasteiger partial charge is 0.379 e. The first-order chi connectivity index (χ1) is 6.18. The van der Waals surface area contributed by atoms with E-state index in [0.29, 0.717) is 13.2 Å². The fraction of sp³-hybridized carbons (Fsp3) is 0.750. The summed E-state index contributed by atoms with van der Waals surface area (Å²) in [7, 11) is 0. The van der Waals surface area contributed by atoms with Crippen molar-refractivity contribution in [1.29, 1.82) is 0 Å². The van der Waals surface area contributed by atoms with E-state index in [1.54, 1.807) is 0 Å². The van der Waals surface area contributed by atoms with E-state index >= 15 is 0 Å². The Bertz CT molecular complexity index is 200. The number of hydrogen-bond acceptors (Lipinski definition) is 3. The Labute approximate surface area is 76.8 Å². The summed E-state index contributed by atoms with van der Waals surface area (Å²) in [6.45, 7) is 2.77. The summed E-state index contributed by atoms with van der Waals surface area (Å²) in [5, 5.41) is 5.16. The minimum absolute atomic E-state index is 0.0576. The second-order valence-corrected chi connectivity index (χ2v) is 3.09. The molecule has 0 aromatic heterocycles. The Hall–Kier alpha value is -1.10. The van der Waals surface area contributed by atoms with Crippen LogP contribution in [0.1, 0.15) is 13.3 Å². The maximum atomic E-state index is 11.1. The van der Waals surface area contributed by atoms with Gasteiger partial charge in [-0.05, 0) is 13.3 Å². The highest BCUT2D eigenvalue weighted by Gasteiger charge is 2.17. The molecular formula is C8H14N2O3. The van der Waals surface area contributed by atoms with Crippen molar-refractivity contribution in [3.05, 3.63) is 0 Å². The van der Waals surface area contributed by atoms with E-state index in [-0.39, 0.29) is 24.4 Å². The third-order valence-electron chi connectivity index (χ3n) is 1.76. The van der Waals surface area contributed by atoms with E-state index in [4.69, 9.17) is 4.74 Å². The van der Waals surface area contributed by atoms with Crippen LogP contribution < -0.4 is 10.6 Å². The van der Waals surface area contributed by atoms with Gasteiger partial charge in [0.05, 0.1) is 19.2 Å². The molecule has 1 rings (SSSR count). The van der Waals surface area contributed by atoms with Crippen molar-refractivity contribution in [3.63, 3.8) is 0 Å². The van der Waals surface area contributed by atoms with Crippen LogP contribution in [0.4, 0.5) is 4.79 Å². The van der Waals surface area contributed by atoms with Gasteiger partial charge in [-0.2, -0.15) is 0 Å². The summed E-state index contributed by atoms with van der Waals surface area (Å²) in [5.74, 6) is -0.0576. The average Bonchev–Trinajstić information content (AvgIpc) is 2.53.